The molecule has 1 atom stereocenters. The first kappa shape index (κ1) is 20.0. The van der Waals surface area contributed by atoms with Crippen LogP contribution >= 0.6 is 11.3 Å². The summed E-state index contributed by atoms with van der Waals surface area (Å²) in [4.78, 5) is 20.4. The minimum atomic E-state index is -0.149. The van der Waals surface area contributed by atoms with Gasteiger partial charge in [-0.2, -0.15) is 0 Å². The lowest BCUT2D eigenvalue weighted by Gasteiger charge is -2.25. The summed E-state index contributed by atoms with van der Waals surface area (Å²) in [6, 6.07) is 17.9. The standard InChI is InChI=1S/C22H25N3O2S/c1-15-24-20(21(28-15)17-8-6-5-7-9-17)22(26)23-14-19(25(2)3)16-10-12-18(27-4)13-11-16/h5-13,19H,14H2,1-4H3,(H,23,26). The number of aromatic nitrogens is 1. The number of carbonyl (C=O) groups excluding carboxylic acids is 1. The summed E-state index contributed by atoms with van der Waals surface area (Å²) in [6.07, 6.45) is 0. The number of hydrogen-bond donors (Lipinski definition) is 1. The van der Waals surface area contributed by atoms with E-state index in [0.717, 1.165) is 26.8 Å². The molecule has 0 saturated heterocycles. The maximum atomic E-state index is 12.9. The predicted octanol–water partition coefficient (Wildman–Crippen LogP) is 4.16. The molecule has 1 aromatic heterocycles. The van der Waals surface area contributed by atoms with E-state index in [1.807, 2.05) is 75.6 Å². The van der Waals surface area contributed by atoms with Crippen LogP contribution in [-0.2, 0) is 0 Å². The Hall–Kier alpha value is -2.70. The van der Waals surface area contributed by atoms with Gasteiger partial charge in [-0.15, -0.1) is 11.3 Å². The smallest absolute Gasteiger partial charge is 0.271 e. The summed E-state index contributed by atoms with van der Waals surface area (Å²) in [6.45, 7) is 2.41. The van der Waals surface area contributed by atoms with E-state index in [9.17, 15) is 4.79 Å². The summed E-state index contributed by atoms with van der Waals surface area (Å²) in [5, 5.41) is 3.94. The number of ether oxygens (including phenoxy) is 1. The van der Waals surface area contributed by atoms with Gasteiger partial charge in [-0.3, -0.25) is 4.79 Å². The molecule has 3 rings (SSSR count). The van der Waals surface area contributed by atoms with Crippen molar-refractivity contribution < 1.29 is 9.53 Å². The number of nitrogens with zero attached hydrogens (tertiary/aromatic N) is 2. The third-order valence-electron chi connectivity index (χ3n) is 4.57. The molecule has 3 aromatic rings. The van der Waals surface area contributed by atoms with Crippen molar-refractivity contribution in [2.24, 2.45) is 0 Å². The van der Waals surface area contributed by atoms with Crippen molar-refractivity contribution in [3.8, 4) is 16.2 Å². The van der Waals surface area contributed by atoms with Gasteiger partial charge in [0.1, 0.15) is 11.4 Å². The van der Waals surface area contributed by atoms with Crippen LogP contribution in [0.15, 0.2) is 54.6 Å². The molecule has 28 heavy (non-hydrogen) atoms. The van der Waals surface area contributed by atoms with Gasteiger partial charge in [-0.05, 0) is 44.3 Å². The van der Waals surface area contributed by atoms with Gasteiger partial charge in [0.15, 0.2) is 0 Å². The van der Waals surface area contributed by atoms with Crippen molar-refractivity contribution >= 4 is 17.2 Å². The number of nitrogens with one attached hydrogen (secondary N) is 1. The highest BCUT2D eigenvalue weighted by Crippen LogP contribution is 2.30. The monoisotopic (exact) mass is 395 g/mol. The SMILES string of the molecule is COc1ccc(C(CNC(=O)c2nc(C)sc2-c2ccccc2)N(C)C)cc1. The summed E-state index contributed by atoms with van der Waals surface area (Å²) >= 11 is 1.54. The van der Waals surface area contributed by atoms with Crippen molar-refractivity contribution in [2.75, 3.05) is 27.7 Å². The number of hydrogen-bond acceptors (Lipinski definition) is 5. The van der Waals surface area contributed by atoms with Crippen molar-refractivity contribution in [1.29, 1.82) is 0 Å². The van der Waals surface area contributed by atoms with E-state index in [-0.39, 0.29) is 11.9 Å². The number of methoxy groups -OCH3 is 1. The van der Waals surface area contributed by atoms with Crippen molar-refractivity contribution in [1.82, 2.24) is 15.2 Å². The number of rotatable bonds is 7. The normalized spacial score (nSPS) is 12.0. The van der Waals surface area contributed by atoms with Gasteiger partial charge in [0.2, 0.25) is 0 Å². The average Bonchev–Trinajstić information content (AvgIpc) is 3.11. The van der Waals surface area contributed by atoms with Crippen LogP contribution in [0.2, 0.25) is 0 Å². The van der Waals surface area contributed by atoms with E-state index in [1.54, 1.807) is 18.4 Å². The molecule has 1 amide bonds. The molecule has 1 N–H and O–H groups in total. The molecule has 0 saturated carbocycles. The number of benzene rings is 2. The van der Waals surface area contributed by atoms with Gasteiger partial charge >= 0.3 is 0 Å². The Morgan fingerprint density at radius 2 is 1.82 bits per heavy atom. The highest BCUT2D eigenvalue weighted by molar-refractivity contribution is 7.15. The second-order valence-corrected chi connectivity index (χ2v) is 7.94. The largest absolute Gasteiger partial charge is 0.497 e. The number of likely N-dealkylation sites (N-methyl/N-ethyl adjacent to an activating group) is 1. The lowest BCUT2D eigenvalue weighted by molar-refractivity contribution is 0.0938. The molecular weight excluding hydrogens is 370 g/mol. The third-order valence-corrected chi connectivity index (χ3v) is 5.58. The van der Waals surface area contributed by atoms with E-state index in [0.29, 0.717) is 12.2 Å². The molecule has 0 spiro atoms. The molecular formula is C22H25N3O2S. The van der Waals surface area contributed by atoms with Crippen LogP contribution in [0.25, 0.3) is 10.4 Å². The first-order chi connectivity index (χ1) is 13.5. The zero-order valence-electron chi connectivity index (χ0n) is 16.6. The van der Waals surface area contributed by atoms with Gasteiger partial charge in [-0.1, -0.05) is 42.5 Å². The van der Waals surface area contributed by atoms with Crippen LogP contribution in [0.4, 0.5) is 0 Å². The summed E-state index contributed by atoms with van der Waals surface area (Å²) in [7, 11) is 5.66. The lowest BCUT2D eigenvalue weighted by atomic mass is 10.1. The van der Waals surface area contributed by atoms with Crippen molar-refractivity contribution in [2.45, 2.75) is 13.0 Å². The van der Waals surface area contributed by atoms with Crippen LogP contribution in [-0.4, -0.2) is 43.5 Å². The zero-order chi connectivity index (χ0) is 20.1. The Morgan fingerprint density at radius 3 is 2.43 bits per heavy atom. The molecule has 1 heterocycles. The second kappa shape index (κ2) is 8.99. The molecule has 5 nitrogen and oxygen atoms in total. The zero-order valence-corrected chi connectivity index (χ0v) is 17.4. The van der Waals surface area contributed by atoms with Crippen LogP contribution < -0.4 is 10.1 Å². The first-order valence-corrected chi connectivity index (χ1v) is 9.92. The van der Waals surface area contributed by atoms with Gasteiger partial charge in [0.25, 0.3) is 5.91 Å². The maximum Gasteiger partial charge on any atom is 0.271 e. The highest BCUT2D eigenvalue weighted by atomic mass is 32.1. The van der Waals surface area contributed by atoms with Crippen molar-refractivity contribution in [3.05, 3.63) is 70.9 Å². The molecule has 0 aliphatic heterocycles. The van der Waals surface area contributed by atoms with E-state index < -0.39 is 0 Å². The molecule has 0 aliphatic rings. The fourth-order valence-electron chi connectivity index (χ4n) is 3.06. The Labute approximate surface area is 170 Å². The molecule has 0 fully saturated rings. The minimum Gasteiger partial charge on any atom is -0.497 e. The molecule has 0 radical (unpaired) electrons. The van der Waals surface area contributed by atoms with Crippen LogP contribution in [0.3, 0.4) is 0 Å². The first-order valence-electron chi connectivity index (χ1n) is 9.11. The van der Waals surface area contributed by atoms with E-state index in [1.165, 1.54) is 0 Å². The van der Waals surface area contributed by atoms with Crippen LogP contribution in [0.5, 0.6) is 5.75 Å². The van der Waals surface area contributed by atoms with Gasteiger partial charge in [0.05, 0.1) is 23.0 Å². The number of aryl methyl sites for hydroxylation is 1. The summed E-state index contributed by atoms with van der Waals surface area (Å²) in [5.74, 6) is 0.666. The Kier molecular flexibility index (Phi) is 6.44. The molecule has 2 aromatic carbocycles. The summed E-state index contributed by atoms with van der Waals surface area (Å²) in [5.41, 5.74) is 2.61. The number of amides is 1. The quantitative estimate of drug-likeness (QED) is 0.653. The molecule has 146 valence electrons. The minimum absolute atomic E-state index is 0.0507. The highest BCUT2D eigenvalue weighted by Gasteiger charge is 2.21. The van der Waals surface area contributed by atoms with E-state index in [2.05, 4.69) is 15.2 Å². The number of carbonyl (C=O) groups is 1. The van der Waals surface area contributed by atoms with E-state index in [4.69, 9.17) is 4.74 Å². The average molecular weight is 396 g/mol. The number of thiazole rings is 1. The van der Waals surface area contributed by atoms with Gasteiger partial charge in [0, 0.05) is 6.54 Å². The molecule has 0 aliphatic carbocycles. The predicted molar refractivity (Wildman–Crippen MR) is 114 cm³/mol. The topological polar surface area (TPSA) is 54.5 Å². The lowest BCUT2D eigenvalue weighted by Crippen LogP contribution is -2.34. The van der Waals surface area contributed by atoms with Crippen molar-refractivity contribution in [3.63, 3.8) is 0 Å². The van der Waals surface area contributed by atoms with E-state index >= 15 is 0 Å². The van der Waals surface area contributed by atoms with Crippen LogP contribution in [0, 0.1) is 6.92 Å². The summed E-state index contributed by atoms with van der Waals surface area (Å²) < 4.78 is 5.23. The van der Waals surface area contributed by atoms with Gasteiger partial charge in [-0.25, -0.2) is 4.98 Å². The Morgan fingerprint density at radius 1 is 1.14 bits per heavy atom. The third kappa shape index (κ3) is 4.58. The van der Waals surface area contributed by atoms with Crippen LogP contribution in [0.1, 0.15) is 27.1 Å². The maximum absolute atomic E-state index is 12.9. The Balaban J connectivity index is 1.77. The van der Waals surface area contributed by atoms with Gasteiger partial charge < -0.3 is 15.0 Å². The second-order valence-electron chi connectivity index (χ2n) is 6.74. The fourth-order valence-corrected chi connectivity index (χ4v) is 3.99. The molecule has 6 heteroatoms. The fraction of sp³-hybridized carbons (Fsp3) is 0.273. The Bertz CT molecular complexity index is 921. The molecule has 1 unspecified atom stereocenters. The molecule has 0 bridgehead atoms.